The Labute approximate surface area is 172 Å². The van der Waals surface area contributed by atoms with Crippen LogP contribution in [0.2, 0.25) is 0 Å². The molecule has 6 heteroatoms. The second-order valence-electron chi connectivity index (χ2n) is 9.69. The van der Waals surface area contributed by atoms with Gasteiger partial charge >= 0.3 is 0 Å². The molecule has 6 nitrogen and oxygen atoms in total. The molecule has 3 fully saturated rings. The summed E-state index contributed by atoms with van der Waals surface area (Å²) >= 11 is 0. The van der Waals surface area contributed by atoms with Gasteiger partial charge in [0.2, 0.25) is 5.91 Å². The molecule has 0 saturated carbocycles. The lowest BCUT2D eigenvalue weighted by atomic mass is 9.71. The van der Waals surface area contributed by atoms with Gasteiger partial charge in [-0.2, -0.15) is 5.10 Å². The molecule has 154 valence electrons. The minimum atomic E-state index is -0.759. The van der Waals surface area contributed by atoms with Crippen molar-refractivity contribution in [3.63, 3.8) is 0 Å². The smallest absolute Gasteiger partial charge is 0.232 e. The number of rotatable bonds is 4. The zero-order valence-electron chi connectivity index (χ0n) is 17.5. The number of benzene rings is 1. The van der Waals surface area contributed by atoms with Gasteiger partial charge in [0.25, 0.3) is 0 Å². The SMILES string of the molecule is Cn1cc(C2N(CN3C4CCC3CC(O)(c3ccccc3)C4)C(=O)C2(C)C)cn1. The number of likely N-dealkylation sites (tertiary alicyclic amines) is 1. The van der Waals surface area contributed by atoms with E-state index in [9.17, 15) is 9.90 Å². The Morgan fingerprint density at radius 3 is 2.38 bits per heavy atom. The molecule has 4 heterocycles. The number of nitrogens with zero attached hydrogens (tertiary/aromatic N) is 4. The van der Waals surface area contributed by atoms with Crippen LogP contribution in [0.1, 0.15) is 56.7 Å². The zero-order valence-corrected chi connectivity index (χ0v) is 17.5. The number of aliphatic hydroxyl groups is 1. The molecule has 1 amide bonds. The Morgan fingerprint density at radius 2 is 1.79 bits per heavy atom. The van der Waals surface area contributed by atoms with Crippen LogP contribution in [0.5, 0.6) is 0 Å². The van der Waals surface area contributed by atoms with Crippen molar-refractivity contribution < 1.29 is 9.90 Å². The Bertz CT molecular complexity index is 908. The minimum absolute atomic E-state index is 0.0537. The second kappa shape index (κ2) is 6.41. The second-order valence-corrected chi connectivity index (χ2v) is 9.69. The van der Waals surface area contributed by atoms with E-state index in [0.29, 0.717) is 18.8 Å². The molecule has 0 aliphatic carbocycles. The fourth-order valence-corrected chi connectivity index (χ4v) is 5.96. The van der Waals surface area contributed by atoms with Gasteiger partial charge in [0.15, 0.2) is 0 Å². The van der Waals surface area contributed by atoms with Crippen molar-refractivity contribution in [2.45, 2.75) is 63.3 Å². The van der Waals surface area contributed by atoms with Gasteiger partial charge in [-0.25, -0.2) is 0 Å². The number of carbonyl (C=O) groups is 1. The lowest BCUT2D eigenvalue weighted by Gasteiger charge is -2.56. The van der Waals surface area contributed by atoms with E-state index in [1.165, 1.54) is 0 Å². The maximum absolute atomic E-state index is 13.0. The van der Waals surface area contributed by atoms with Crippen LogP contribution in [0.3, 0.4) is 0 Å². The van der Waals surface area contributed by atoms with Crippen LogP contribution in [0.25, 0.3) is 0 Å². The maximum atomic E-state index is 13.0. The molecule has 1 N–H and O–H groups in total. The van der Waals surface area contributed by atoms with Gasteiger partial charge in [0.05, 0.1) is 29.9 Å². The summed E-state index contributed by atoms with van der Waals surface area (Å²) in [6.45, 7) is 4.70. The molecule has 1 aromatic carbocycles. The molecule has 3 unspecified atom stereocenters. The molecule has 5 rings (SSSR count). The average molecular weight is 395 g/mol. The average Bonchev–Trinajstić information content (AvgIpc) is 3.22. The first kappa shape index (κ1) is 18.8. The van der Waals surface area contributed by atoms with Gasteiger partial charge in [-0.15, -0.1) is 0 Å². The number of amides is 1. The van der Waals surface area contributed by atoms with Crippen molar-refractivity contribution in [1.82, 2.24) is 19.6 Å². The van der Waals surface area contributed by atoms with Gasteiger partial charge in [-0.1, -0.05) is 30.3 Å². The third-order valence-corrected chi connectivity index (χ3v) is 7.39. The molecule has 3 atom stereocenters. The molecule has 3 aliphatic heterocycles. The number of fused-ring (bicyclic) bond motifs is 2. The van der Waals surface area contributed by atoms with E-state index in [2.05, 4.69) is 10.00 Å². The molecule has 29 heavy (non-hydrogen) atoms. The van der Waals surface area contributed by atoms with Gasteiger partial charge < -0.3 is 10.0 Å². The van der Waals surface area contributed by atoms with E-state index in [-0.39, 0.29) is 11.9 Å². The molecule has 0 radical (unpaired) electrons. The van der Waals surface area contributed by atoms with Gasteiger partial charge in [-0.05, 0) is 45.1 Å². The normalized spacial score (nSPS) is 33.7. The largest absolute Gasteiger partial charge is 0.385 e. The van der Waals surface area contributed by atoms with Crippen LogP contribution >= 0.6 is 0 Å². The molecule has 0 spiro atoms. The molecule has 2 aromatic rings. The molecular weight excluding hydrogens is 364 g/mol. The standard InChI is InChI=1S/C23H30N4O2/c1-22(2)20(16-13-24-25(3)14-16)27(21(22)28)15-26-18-9-10-19(26)12-23(29,11-18)17-7-5-4-6-8-17/h4-8,13-14,18-20,29H,9-12,15H2,1-3H3. The van der Waals surface area contributed by atoms with Crippen LogP contribution in [0, 0.1) is 5.41 Å². The minimum Gasteiger partial charge on any atom is -0.385 e. The zero-order chi connectivity index (χ0) is 20.4. The van der Waals surface area contributed by atoms with Crippen LogP contribution in [0.15, 0.2) is 42.7 Å². The first-order chi connectivity index (χ1) is 13.8. The lowest BCUT2D eigenvalue weighted by molar-refractivity contribution is -0.178. The number of aryl methyl sites for hydroxylation is 1. The maximum Gasteiger partial charge on any atom is 0.232 e. The van der Waals surface area contributed by atoms with Crippen LogP contribution in [-0.2, 0) is 17.4 Å². The summed E-state index contributed by atoms with van der Waals surface area (Å²) in [5.41, 5.74) is 0.959. The fraction of sp³-hybridized carbons (Fsp3) is 0.565. The number of aromatic nitrogens is 2. The third-order valence-electron chi connectivity index (χ3n) is 7.39. The van der Waals surface area contributed by atoms with Crippen molar-refractivity contribution in [2.24, 2.45) is 12.5 Å². The summed E-state index contributed by atoms with van der Waals surface area (Å²) in [6.07, 6.45) is 7.54. The molecule has 3 saturated heterocycles. The summed E-state index contributed by atoms with van der Waals surface area (Å²) in [5, 5.41) is 15.7. The monoisotopic (exact) mass is 394 g/mol. The Kier molecular flexibility index (Phi) is 4.16. The van der Waals surface area contributed by atoms with Gasteiger partial charge in [-0.3, -0.25) is 14.4 Å². The van der Waals surface area contributed by atoms with Crippen molar-refractivity contribution in [2.75, 3.05) is 6.67 Å². The predicted molar refractivity (Wildman–Crippen MR) is 110 cm³/mol. The number of hydrogen-bond acceptors (Lipinski definition) is 4. The number of hydrogen-bond donors (Lipinski definition) is 1. The fourth-order valence-electron chi connectivity index (χ4n) is 5.96. The molecule has 1 aromatic heterocycles. The van der Waals surface area contributed by atoms with Gasteiger partial charge in [0, 0.05) is 30.9 Å². The van der Waals surface area contributed by atoms with Gasteiger partial charge in [0.1, 0.15) is 0 Å². The highest BCUT2D eigenvalue weighted by molar-refractivity contribution is 5.89. The predicted octanol–water partition coefficient (Wildman–Crippen LogP) is 2.80. The van der Waals surface area contributed by atoms with Crippen molar-refractivity contribution >= 4 is 5.91 Å². The van der Waals surface area contributed by atoms with Crippen LogP contribution in [0.4, 0.5) is 0 Å². The molecule has 2 bridgehead atoms. The third kappa shape index (κ3) is 2.84. The number of piperidine rings is 1. The highest BCUT2D eigenvalue weighted by atomic mass is 16.3. The van der Waals surface area contributed by atoms with E-state index in [0.717, 1.165) is 36.8 Å². The van der Waals surface area contributed by atoms with Crippen molar-refractivity contribution in [1.29, 1.82) is 0 Å². The Hall–Kier alpha value is -2.18. The number of carbonyl (C=O) groups excluding carboxylic acids is 1. The number of β-lactam (4-membered cyclic amide) rings is 1. The summed E-state index contributed by atoms with van der Waals surface area (Å²) in [7, 11) is 1.91. The summed E-state index contributed by atoms with van der Waals surface area (Å²) in [5.74, 6) is 0.203. The van der Waals surface area contributed by atoms with Crippen molar-refractivity contribution in [3.05, 3.63) is 53.9 Å². The summed E-state index contributed by atoms with van der Waals surface area (Å²) in [6, 6.07) is 10.7. The molecular formula is C23H30N4O2. The van der Waals surface area contributed by atoms with Crippen LogP contribution in [-0.4, -0.2) is 49.3 Å². The van der Waals surface area contributed by atoms with E-state index in [1.807, 2.05) is 68.5 Å². The first-order valence-electron chi connectivity index (χ1n) is 10.6. The highest BCUT2D eigenvalue weighted by Gasteiger charge is 2.57. The highest BCUT2D eigenvalue weighted by Crippen LogP contribution is 2.51. The lowest BCUT2D eigenvalue weighted by Crippen LogP contribution is -2.65. The first-order valence-corrected chi connectivity index (χ1v) is 10.6. The quantitative estimate of drug-likeness (QED) is 0.810. The van der Waals surface area contributed by atoms with E-state index in [4.69, 9.17) is 0 Å². The van der Waals surface area contributed by atoms with E-state index in [1.54, 1.807) is 4.68 Å². The molecule has 3 aliphatic rings. The van der Waals surface area contributed by atoms with Crippen molar-refractivity contribution in [3.8, 4) is 0 Å². The topological polar surface area (TPSA) is 61.6 Å². The summed E-state index contributed by atoms with van der Waals surface area (Å²) < 4.78 is 1.80. The van der Waals surface area contributed by atoms with Crippen LogP contribution < -0.4 is 0 Å². The summed E-state index contributed by atoms with van der Waals surface area (Å²) in [4.78, 5) is 17.4. The Balaban J connectivity index is 1.36. The Morgan fingerprint density at radius 1 is 1.14 bits per heavy atom. The van der Waals surface area contributed by atoms with E-state index < -0.39 is 11.0 Å². The van der Waals surface area contributed by atoms with E-state index >= 15 is 0 Å².